The average molecular weight is 400 g/mol. The second-order valence-corrected chi connectivity index (χ2v) is 7.08. The van der Waals surface area contributed by atoms with Crippen molar-refractivity contribution in [1.29, 1.82) is 0 Å². The van der Waals surface area contributed by atoms with Crippen molar-refractivity contribution in [3.63, 3.8) is 0 Å². The first kappa shape index (κ1) is 15.1. The average Bonchev–Trinajstić information content (AvgIpc) is 2.69. The van der Waals surface area contributed by atoms with Crippen LogP contribution in [0.2, 0.25) is 0 Å². The Balaban J connectivity index is 2.68. The van der Waals surface area contributed by atoms with Gasteiger partial charge in [-0.1, -0.05) is 31.9 Å². The fourth-order valence-corrected chi connectivity index (χ4v) is 5.66. The lowest BCUT2D eigenvalue weighted by Gasteiger charge is -2.38. The lowest BCUT2D eigenvalue weighted by atomic mass is 9.86. The summed E-state index contributed by atoms with van der Waals surface area (Å²) >= 11 is 6.48. The van der Waals surface area contributed by atoms with E-state index < -0.39 is 37.9 Å². The number of esters is 1. The third-order valence-electron chi connectivity index (χ3n) is 3.92. The van der Waals surface area contributed by atoms with Crippen LogP contribution in [0.5, 0.6) is 0 Å². The van der Waals surface area contributed by atoms with Crippen molar-refractivity contribution >= 4 is 49.4 Å². The van der Waals surface area contributed by atoms with Crippen molar-refractivity contribution in [2.75, 3.05) is 21.3 Å². The summed E-state index contributed by atoms with van der Waals surface area (Å²) in [6, 6.07) is 0. The first-order chi connectivity index (χ1) is 8.76. The van der Waals surface area contributed by atoms with Crippen molar-refractivity contribution in [2.24, 2.45) is 5.92 Å². The molecule has 0 amide bonds. The molecule has 2 fully saturated rings. The Labute approximate surface area is 126 Å². The Kier molecular flexibility index (Phi) is 3.45. The van der Waals surface area contributed by atoms with Crippen LogP contribution in [0.15, 0.2) is 0 Å². The van der Waals surface area contributed by atoms with Crippen LogP contribution >= 0.6 is 31.9 Å². The molecular weight excluding hydrogens is 388 g/mol. The lowest BCUT2D eigenvalue weighted by molar-refractivity contribution is -0.216. The van der Waals surface area contributed by atoms with Gasteiger partial charge in [0.2, 0.25) is 17.4 Å². The Hall–Kier alpha value is -0.310. The zero-order valence-electron chi connectivity index (χ0n) is 10.5. The maximum absolute atomic E-state index is 12.3. The number of carbonyl (C=O) groups is 3. The molecule has 0 aliphatic heterocycles. The SMILES string of the molecule is COC(=O)[C@@H]1C[C@]2(Br)C(=O)C(=O)[C@@]1(Br)C2(OC)OC. The van der Waals surface area contributed by atoms with Crippen molar-refractivity contribution < 1.29 is 28.6 Å². The molecule has 2 saturated carbocycles. The van der Waals surface area contributed by atoms with E-state index in [-0.39, 0.29) is 6.42 Å². The molecule has 0 aromatic rings. The molecule has 19 heavy (non-hydrogen) atoms. The number of hydrogen-bond donors (Lipinski definition) is 0. The maximum atomic E-state index is 12.3. The minimum absolute atomic E-state index is 0.0528. The van der Waals surface area contributed by atoms with Gasteiger partial charge in [0.05, 0.1) is 13.0 Å². The molecule has 6 nitrogen and oxygen atoms in total. The highest BCUT2D eigenvalue weighted by Crippen LogP contribution is 2.66. The summed E-state index contributed by atoms with van der Waals surface area (Å²) in [6.45, 7) is 0. The monoisotopic (exact) mass is 398 g/mol. The zero-order valence-corrected chi connectivity index (χ0v) is 13.7. The minimum atomic E-state index is -1.59. The second kappa shape index (κ2) is 4.34. The van der Waals surface area contributed by atoms with Crippen LogP contribution in [0.3, 0.4) is 0 Å². The Morgan fingerprint density at radius 1 is 1.16 bits per heavy atom. The van der Waals surface area contributed by atoms with Gasteiger partial charge < -0.3 is 14.2 Å². The summed E-state index contributed by atoms with van der Waals surface area (Å²) in [6.07, 6.45) is 0.0528. The van der Waals surface area contributed by atoms with E-state index in [0.717, 1.165) is 0 Å². The molecule has 2 bridgehead atoms. The number of alkyl halides is 2. The van der Waals surface area contributed by atoms with E-state index in [2.05, 4.69) is 31.9 Å². The molecule has 0 N–H and O–H groups in total. The van der Waals surface area contributed by atoms with Gasteiger partial charge >= 0.3 is 5.97 Å². The number of rotatable bonds is 3. The molecule has 0 aromatic heterocycles. The third kappa shape index (κ3) is 1.36. The number of fused-ring (bicyclic) bond motifs is 2. The highest BCUT2D eigenvalue weighted by molar-refractivity contribution is 9.11. The first-order valence-corrected chi connectivity index (χ1v) is 7.00. The summed E-state index contributed by atoms with van der Waals surface area (Å²) < 4.78 is 12.4. The molecule has 0 radical (unpaired) electrons. The highest BCUT2D eigenvalue weighted by atomic mass is 79.9. The number of halogens is 2. The van der Waals surface area contributed by atoms with Gasteiger partial charge in [-0.15, -0.1) is 0 Å². The second-order valence-electron chi connectivity index (χ2n) is 4.48. The van der Waals surface area contributed by atoms with Gasteiger partial charge in [-0.3, -0.25) is 14.4 Å². The van der Waals surface area contributed by atoms with Crippen LogP contribution in [-0.2, 0) is 28.6 Å². The minimum Gasteiger partial charge on any atom is -0.469 e. The number of Topliss-reactive ketones (excluding diaryl/α,β-unsaturated/α-hetero) is 2. The number of ether oxygens (including phenoxy) is 3. The predicted octanol–water partition coefficient (Wildman–Crippen LogP) is 0.588. The van der Waals surface area contributed by atoms with E-state index in [0.29, 0.717) is 0 Å². The fraction of sp³-hybridized carbons (Fsp3) is 0.727. The highest BCUT2D eigenvalue weighted by Gasteiger charge is 2.86. The van der Waals surface area contributed by atoms with E-state index in [1.807, 2.05) is 0 Å². The van der Waals surface area contributed by atoms with Gasteiger partial charge in [0.25, 0.3) is 0 Å². The largest absolute Gasteiger partial charge is 0.469 e. The van der Waals surface area contributed by atoms with Crippen LogP contribution in [-0.4, -0.2) is 53.3 Å². The Morgan fingerprint density at radius 2 is 1.68 bits per heavy atom. The van der Waals surface area contributed by atoms with E-state index >= 15 is 0 Å². The molecule has 106 valence electrons. The maximum Gasteiger partial charge on any atom is 0.310 e. The Morgan fingerprint density at radius 3 is 2.05 bits per heavy atom. The van der Waals surface area contributed by atoms with Crippen LogP contribution in [0.4, 0.5) is 0 Å². The lowest BCUT2D eigenvalue weighted by Crippen LogP contribution is -2.57. The molecule has 2 aliphatic rings. The summed E-state index contributed by atoms with van der Waals surface area (Å²) in [4.78, 5) is 36.3. The number of hydrogen-bond acceptors (Lipinski definition) is 6. The molecule has 0 unspecified atom stereocenters. The fourth-order valence-electron chi connectivity index (χ4n) is 3.06. The number of carbonyl (C=O) groups excluding carboxylic acids is 3. The summed E-state index contributed by atoms with van der Waals surface area (Å²) in [5, 5.41) is 0. The standard InChI is InChI=1S/C11H12Br2O6/c1-17-8(16)5-4-9(12)6(14)7(15)10(5,13)11(9,18-2)19-3/h5H,4H2,1-3H3/t5-,9-,10+/m0/s1. The zero-order chi connectivity index (χ0) is 14.6. The van der Waals surface area contributed by atoms with E-state index in [1.165, 1.54) is 21.3 Å². The van der Waals surface area contributed by atoms with Crippen LogP contribution in [0.1, 0.15) is 6.42 Å². The summed E-state index contributed by atoms with van der Waals surface area (Å²) in [7, 11) is 3.86. The molecule has 3 atom stereocenters. The molecule has 0 aromatic carbocycles. The Bertz CT molecular complexity index is 474. The summed E-state index contributed by atoms with van der Waals surface area (Å²) in [5.74, 6) is -4.49. The number of methoxy groups -OCH3 is 3. The molecular formula is C11H12Br2O6. The summed E-state index contributed by atoms with van der Waals surface area (Å²) in [5.41, 5.74) is 0. The normalized spacial score (nSPS) is 39.7. The smallest absolute Gasteiger partial charge is 0.310 e. The van der Waals surface area contributed by atoms with Gasteiger partial charge in [0, 0.05) is 14.2 Å². The van der Waals surface area contributed by atoms with Crippen molar-refractivity contribution in [2.45, 2.75) is 20.9 Å². The van der Waals surface area contributed by atoms with Gasteiger partial charge in [-0.25, -0.2) is 0 Å². The molecule has 2 aliphatic carbocycles. The van der Waals surface area contributed by atoms with Gasteiger partial charge in [-0.05, 0) is 6.42 Å². The van der Waals surface area contributed by atoms with E-state index in [9.17, 15) is 14.4 Å². The predicted molar refractivity (Wildman–Crippen MR) is 70.2 cm³/mol. The van der Waals surface area contributed by atoms with Gasteiger partial charge in [0.1, 0.15) is 4.32 Å². The molecule has 0 spiro atoms. The first-order valence-electron chi connectivity index (χ1n) is 5.42. The van der Waals surface area contributed by atoms with Crippen LogP contribution in [0.25, 0.3) is 0 Å². The third-order valence-corrected chi connectivity index (χ3v) is 6.56. The van der Waals surface area contributed by atoms with Crippen molar-refractivity contribution in [1.82, 2.24) is 0 Å². The van der Waals surface area contributed by atoms with E-state index in [4.69, 9.17) is 14.2 Å². The van der Waals surface area contributed by atoms with Gasteiger partial charge in [0.15, 0.2) is 4.32 Å². The van der Waals surface area contributed by atoms with E-state index in [1.54, 1.807) is 0 Å². The molecule has 0 heterocycles. The van der Waals surface area contributed by atoms with Gasteiger partial charge in [-0.2, -0.15) is 0 Å². The van der Waals surface area contributed by atoms with Crippen molar-refractivity contribution in [3.8, 4) is 0 Å². The van der Waals surface area contributed by atoms with Crippen LogP contribution < -0.4 is 0 Å². The molecule has 8 heteroatoms. The number of ketones is 2. The quantitative estimate of drug-likeness (QED) is 0.299. The van der Waals surface area contributed by atoms with Crippen molar-refractivity contribution in [3.05, 3.63) is 0 Å². The van der Waals surface area contributed by atoms with Crippen LogP contribution in [0, 0.1) is 5.92 Å². The molecule has 2 rings (SSSR count). The topological polar surface area (TPSA) is 78.9 Å². The molecule has 0 saturated heterocycles.